The van der Waals surface area contributed by atoms with E-state index in [1.165, 1.54) is 4.90 Å². The first-order valence-corrected chi connectivity index (χ1v) is 10.3. The summed E-state index contributed by atoms with van der Waals surface area (Å²) in [6.07, 6.45) is 6.43. The summed E-state index contributed by atoms with van der Waals surface area (Å²) < 4.78 is 57.1. The van der Waals surface area contributed by atoms with Gasteiger partial charge in [0.25, 0.3) is 0 Å². The zero-order valence-corrected chi connectivity index (χ0v) is 18.0. The molecule has 0 bridgehead atoms. The molecule has 176 valence electrons. The standard InChI is InChI=1S/C21H19F4N9/c1-31-9-14(7-28-31)16-6-17-27-4-5-33(17)18(30-16)15-8-29-34(10-15)20(2-3-26)11-32(12-20)13-21(24,25)19(22)23/h4-10,19H,2,11-13H2,1H3. The second-order valence-electron chi connectivity index (χ2n) is 8.46. The summed E-state index contributed by atoms with van der Waals surface area (Å²) in [5.41, 5.74) is 1.86. The minimum Gasteiger partial charge on any atom is -0.292 e. The van der Waals surface area contributed by atoms with Crippen molar-refractivity contribution in [3.63, 3.8) is 0 Å². The summed E-state index contributed by atoms with van der Waals surface area (Å²) in [6, 6.07) is 3.89. The highest BCUT2D eigenvalue weighted by Gasteiger charge is 2.51. The quantitative estimate of drug-likeness (QED) is 0.384. The number of likely N-dealkylation sites (tertiary alicyclic amines) is 1. The van der Waals surface area contributed by atoms with Crippen LogP contribution < -0.4 is 0 Å². The molecule has 5 rings (SSSR count). The zero-order chi connectivity index (χ0) is 24.1. The fourth-order valence-corrected chi connectivity index (χ4v) is 4.28. The molecule has 0 aliphatic carbocycles. The van der Waals surface area contributed by atoms with Crippen molar-refractivity contribution in [3.8, 4) is 28.7 Å². The van der Waals surface area contributed by atoms with Crippen LogP contribution in [0.5, 0.6) is 0 Å². The van der Waals surface area contributed by atoms with Gasteiger partial charge in [-0.1, -0.05) is 0 Å². The molecule has 13 heteroatoms. The van der Waals surface area contributed by atoms with Crippen LogP contribution in [-0.2, 0) is 12.6 Å². The lowest BCUT2D eigenvalue weighted by molar-refractivity contribution is -0.161. The molecule has 1 aliphatic heterocycles. The second-order valence-corrected chi connectivity index (χ2v) is 8.46. The van der Waals surface area contributed by atoms with Gasteiger partial charge in [0.05, 0.1) is 42.7 Å². The monoisotopic (exact) mass is 473 g/mol. The van der Waals surface area contributed by atoms with Crippen LogP contribution in [-0.4, -0.2) is 70.8 Å². The van der Waals surface area contributed by atoms with Gasteiger partial charge in [0.2, 0.25) is 0 Å². The first-order valence-electron chi connectivity index (χ1n) is 10.3. The largest absolute Gasteiger partial charge is 0.319 e. The van der Waals surface area contributed by atoms with Gasteiger partial charge in [-0.3, -0.25) is 18.7 Å². The van der Waals surface area contributed by atoms with Crippen molar-refractivity contribution in [2.24, 2.45) is 7.05 Å². The maximum Gasteiger partial charge on any atom is 0.319 e. The molecular weight excluding hydrogens is 454 g/mol. The molecule has 0 radical (unpaired) electrons. The van der Waals surface area contributed by atoms with E-state index in [4.69, 9.17) is 4.98 Å². The van der Waals surface area contributed by atoms with Gasteiger partial charge in [0, 0.05) is 56.6 Å². The van der Waals surface area contributed by atoms with E-state index in [9.17, 15) is 22.8 Å². The van der Waals surface area contributed by atoms with Crippen LogP contribution in [0, 0.1) is 11.3 Å². The summed E-state index contributed by atoms with van der Waals surface area (Å²) in [5, 5.41) is 17.9. The van der Waals surface area contributed by atoms with E-state index in [0.717, 1.165) is 5.56 Å². The third-order valence-corrected chi connectivity index (χ3v) is 5.91. The van der Waals surface area contributed by atoms with Gasteiger partial charge >= 0.3 is 12.3 Å². The van der Waals surface area contributed by atoms with Gasteiger partial charge < -0.3 is 0 Å². The number of hydrogen-bond acceptors (Lipinski definition) is 6. The van der Waals surface area contributed by atoms with Crippen LogP contribution >= 0.6 is 0 Å². The molecule has 0 saturated carbocycles. The summed E-state index contributed by atoms with van der Waals surface area (Å²) in [4.78, 5) is 10.3. The Morgan fingerprint density at radius 3 is 2.62 bits per heavy atom. The molecule has 5 heterocycles. The van der Waals surface area contributed by atoms with E-state index >= 15 is 0 Å². The minimum absolute atomic E-state index is 0.00545. The molecule has 0 N–H and O–H groups in total. The molecule has 0 atom stereocenters. The normalized spacial score (nSPS) is 16.1. The first-order chi connectivity index (χ1) is 16.2. The molecule has 0 aromatic carbocycles. The fourth-order valence-electron chi connectivity index (χ4n) is 4.28. The molecule has 9 nitrogen and oxygen atoms in total. The van der Waals surface area contributed by atoms with E-state index in [2.05, 4.69) is 21.3 Å². The number of hydrogen-bond donors (Lipinski definition) is 0. The minimum atomic E-state index is -4.11. The second kappa shape index (κ2) is 7.91. The number of fused-ring (bicyclic) bond motifs is 1. The predicted octanol–water partition coefficient (Wildman–Crippen LogP) is 2.82. The Bertz CT molecular complexity index is 1370. The van der Waals surface area contributed by atoms with Gasteiger partial charge in [-0.25, -0.2) is 18.7 Å². The van der Waals surface area contributed by atoms with Gasteiger partial charge in [0.1, 0.15) is 17.0 Å². The Kier molecular flexibility index (Phi) is 5.12. The molecule has 34 heavy (non-hydrogen) atoms. The van der Waals surface area contributed by atoms with Crippen molar-refractivity contribution in [1.82, 2.24) is 38.8 Å². The Balaban J connectivity index is 1.47. The van der Waals surface area contributed by atoms with Crippen molar-refractivity contribution in [3.05, 3.63) is 43.2 Å². The summed E-state index contributed by atoms with van der Waals surface area (Å²) >= 11 is 0. The highest BCUT2D eigenvalue weighted by atomic mass is 19.3. The Hall–Kier alpha value is -3.79. The average molecular weight is 473 g/mol. The molecule has 1 saturated heterocycles. The third kappa shape index (κ3) is 3.69. The van der Waals surface area contributed by atoms with Crippen molar-refractivity contribution in [2.75, 3.05) is 19.6 Å². The van der Waals surface area contributed by atoms with Gasteiger partial charge in [-0.15, -0.1) is 0 Å². The summed E-state index contributed by atoms with van der Waals surface area (Å²) in [5.74, 6) is -3.56. The lowest BCUT2D eigenvalue weighted by atomic mass is 9.86. The number of aryl methyl sites for hydroxylation is 1. The van der Waals surface area contributed by atoms with Gasteiger partial charge in [-0.2, -0.15) is 24.2 Å². The fraction of sp³-hybridized carbons (Fsp3) is 0.381. The summed E-state index contributed by atoms with van der Waals surface area (Å²) in [6.45, 7) is -1.06. The smallest absolute Gasteiger partial charge is 0.292 e. The van der Waals surface area contributed by atoms with Gasteiger partial charge in [-0.05, 0) is 0 Å². The van der Waals surface area contributed by atoms with Gasteiger partial charge in [0.15, 0.2) is 0 Å². The van der Waals surface area contributed by atoms with Crippen molar-refractivity contribution in [2.45, 2.75) is 24.3 Å². The average Bonchev–Trinajstić information content (AvgIpc) is 3.51. The topological polar surface area (TPSA) is 92.9 Å². The van der Waals surface area contributed by atoms with E-state index in [1.807, 2.05) is 12.3 Å². The number of halogens is 4. The maximum atomic E-state index is 13.5. The zero-order valence-electron chi connectivity index (χ0n) is 18.0. The van der Waals surface area contributed by atoms with Crippen LogP contribution in [0.25, 0.3) is 28.3 Å². The highest BCUT2D eigenvalue weighted by Crippen LogP contribution is 2.36. The molecule has 0 amide bonds. The number of aromatic nitrogens is 7. The number of rotatable bonds is 7. The lowest BCUT2D eigenvalue weighted by Crippen LogP contribution is -2.65. The molecule has 0 spiro atoms. The molecular formula is C21H19F4N9. The number of imidazole rings is 1. The van der Waals surface area contributed by atoms with E-state index in [-0.39, 0.29) is 19.5 Å². The number of nitriles is 1. The van der Waals surface area contributed by atoms with Crippen LogP contribution in [0.15, 0.2) is 43.2 Å². The molecule has 0 unspecified atom stereocenters. The molecule has 1 aliphatic rings. The van der Waals surface area contributed by atoms with Crippen molar-refractivity contribution in [1.29, 1.82) is 5.26 Å². The van der Waals surface area contributed by atoms with Crippen LogP contribution in [0.3, 0.4) is 0 Å². The maximum absolute atomic E-state index is 13.5. The lowest BCUT2D eigenvalue weighted by Gasteiger charge is -2.49. The van der Waals surface area contributed by atoms with E-state index < -0.39 is 24.4 Å². The predicted molar refractivity (Wildman–Crippen MR) is 112 cm³/mol. The van der Waals surface area contributed by atoms with E-state index in [0.29, 0.717) is 22.7 Å². The van der Waals surface area contributed by atoms with Crippen LogP contribution in [0.4, 0.5) is 17.6 Å². The van der Waals surface area contributed by atoms with Crippen LogP contribution in [0.2, 0.25) is 0 Å². The number of alkyl halides is 4. The summed E-state index contributed by atoms with van der Waals surface area (Å²) in [7, 11) is 1.80. The first kappa shape index (κ1) is 22.0. The van der Waals surface area contributed by atoms with Crippen molar-refractivity contribution < 1.29 is 17.6 Å². The molecule has 4 aromatic rings. The third-order valence-electron chi connectivity index (χ3n) is 5.91. The Morgan fingerprint density at radius 1 is 1.18 bits per heavy atom. The Labute approximate surface area is 190 Å². The molecule has 4 aromatic heterocycles. The van der Waals surface area contributed by atoms with Crippen molar-refractivity contribution >= 4 is 5.65 Å². The molecule has 1 fully saturated rings. The Morgan fingerprint density at radius 2 is 1.94 bits per heavy atom. The highest BCUT2D eigenvalue weighted by molar-refractivity contribution is 5.68. The van der Waals surface area contributed by atoms with Crippen LogP contribution in [0.1, 0.15) is 6.42 Å². The van der Waals surface area contributed by atoms with E-state index in [1.54, 1.807) is 51.8 Å². The SMILES string of the molecule is Cn1cc(-c2cc3nccn3c(-c3cnn(C4(CC#N)CN(CC(F)(F)C(F)F)C4)c3)n2)cn1. The number of nitrogens with zero attached hydrogens (tertiary/aromatic N) is 9.